The van der Waals surface area contributed by atoms with Crippen LogP contribution in [0, 0.1) is 0 Å². The summed E-state index contributed by atoms with van der Waals surface area (Å²) in [6, 6.07) is 0. The van der Waals surface area contributed by atoms with Crippen molar-refractivity contribution in [3.8, 4) is 0 Å². The minimum atomic E-state index is 1.24. The van der Waals surface area contributed by atoms with E-state index in [1.807, 2.05) is 0 Å². The third kappa shape index (κ3) is 22.0. The molecule has 23 heavy (non-hydrogen) atoms. The molecule has 0 saturated heterocycles. The molecule has 0 aliphatic heterocycles. The molecule has 0 heterocycles. The van der Waals surface area contributed by atoms with Gasteiger partial charge < -0.3 is 5.32 Å². The second-order valence-electron chi connectivity index (χ2n) is 7.41. The van der Waals surface area contributed by atoms with E-state index in [1.54, 1.807) is 0 Å². The first-order valence-corrected chi connectivity index (χ1v) is 11.1. The summed E-state index contributed by atoms with van der Waals surface area (Å²) < 4.78 is 0. The minimum absolute atomic E-state index is 1.24. The van der Waals surface area contributed by atoms with Crippen molar-refractivity contribution in [2.45, 2.75) is 129 Å². The minimum Gasteiger partial charge on any atom is -0.317 e. The van der Waals surface area contributed by atoms with Crippen molar-refractivity contribution in [3.05, 3.63) is 0 Å². The molecule has 0 aromatic rings. The van der Waals surface area contributed by atoms with E-state index in [2.05, 4.69) is 19.2 Å². The fourth-order valence-electron chi connectivity index (χ4n) is 3.25. The first-order valence-electron chi connectivity index (χ1n) is 11.1. The largest absolute Gasteiger partial charge is 0.317 e. The zero-order chi connectivity index (χ0) is 16.8. The van der Waals surface area contributed by atoms with Crippen molar-refractivity contribution in [1.82, 2.24) is 5.32 Å². The molecular formula is C22H47N. The maximum absolute atomic E-state index is 3.60. The Morgan fingerprint density at radius 2 is 0.609 bits per heavy atom. The van der Waals surface area contributed by atoms with Crippen molar-refractivity contribution in [1.29, 1.82) is 0 Å². The summed E-state index contributed by atoms with van der Waals surface area (Å²) in [4.78, 5) is 0. The number of hydrogen-bond acceptors (Lipinski definition) is 1. The number of hydrogen-bond donors (Lipinski definition) is 1. The monoisotopic (exact) mass is 325 g/mol. The summed E-state index contributed by atoms with van der Waals surface area (Å²) in [6.07, 6.45) is 25.8. The average molecular weight is 326 g/mol. The first kappa shape index (κ1) is 23.0. The third-order valence-corrected chi connectivity index (χ3v) is 4.91. The Labute approximate surface area is 148 Å². The molecule has 140 valence electrons. The van der Waals surface area contributed by atoms with Crippen LogP contribution in [0.25, 0.3) is 0 Å². The van der Waals surface area contributed by atoms with Gasteiger partial charge in [0.15, 0.2) is 0 Å². The van der Waals surface area contributed by atoms with Gasteiger partial charge in [0.2, 0.25) is 0 Å². The van der Waals surface area contributed by atoms with Gasteiger partial charge in [-0.15, -0.1) is 0 Å². The van der Waals surface area contributed by atoms with Crippen molar-refractivity contribution in [2.24, 2.45) is 0 Å². The summed E-state index contributed by atoms with van der Waals surface area (Å²) in [5.41, 5.74) is 0. The highest BCUT2D eigenvalue weighted by Crippen LogP contribution is 2.12. The zero-order valence-corrected chi connectivity index (χ0v) is 16.6. The fourth-order valence-corrected chi connectivity index (χ4v) is 3.25. The molecule has 0 fully saturated rings. The lowest BCUT2D eigenvalue weighted by Crippen LogP contribution is -2.16. The molecule has 1 heteroatoms. The highest BCUT2D eigenvalue weighted by molar-refractivity contribution is 4.52. The van der Waals surface area contributed by atoms with Crippen LogP contribution in [-0.4, -0.2) is 13.1 Å². The molecule has 0 rings (SSSR count). The van der Waals surface area contributed by atoms with Gasteiger partial charge in [0, 0.05) is 0 Å². The van der Waals surface area contributed by atoms with E-state index in [0.717, 1.165) is 0 Å². The van der Waals surface area contributed by atoms with Crippen molar-refractivity contribution < 1.29 is 0 Å². The van der Waals surface area contributed by atoms with Gasteiger partial charge in [-0.3, -0.25) is 0 Å². The molecule has 1 N–H and O–H groups in total. The van der Waals surface area contributed by atoms with Crippen LogP contribution in [-0.2, 0) is 0 Å². The SMILES string of the molecule is CCCCCCCCCCCCCCCNCCCCCCC. The molecule has 0 amide bonds. The van der Waals surface area contributed by atoms with E-state index in [-0.39, 0.29) is 0 Å². The van der Waals surface area contributed by atoms with Gasteiger partial charge in [-0.25, -0.2) is 0 Å². The molecule has 0 aliphatic carbocycles. The molecular weight excluding hydrogens is 278 g/mol. The summed E-state index contributed by atoms with van der Waals surface area (Å²) >= 11 is 0. The Kier molecular flexibility index (Phi) is 21.9. The predicted octanol–water partition coefficient (Wildman–Crippen LogP) is 7.64. The van der Waals surface area contributed by atoms with Crippen LogP contribution in [0.5, 0.6) is 0 Å². The van der Waals surface area contributed by atoms with Gasteiger partial charge >= 0.3 is 0 Å². The third-order valence-electron chi connectivity index (χ3n) is 4.91. The Morgan fingerprint density at radius 3 is 0.913 bits per heavy atom. The molecule has 0 aromatic carbocycles. The molecule has 0 spiro atoms. The zero-order valence-electron chi connectivity index (χ0n) is 16.6. The highest BCUT2D eigenvalue weighted by Gasteiger charge is 1.94. The number of nitrogens with one attached hydrogen (secondary N) is 1. The van der Waals surface area contributed by atoms with Crippen molar-refractivity contribution in [3.63, 3.8) is 0 Å². The van der Waals surface area contributed by atoms with Gasteiger partial charge in [-0.05, 0) is 25.9 Å². The van der Waals surface area contributed by atoms with Crippen LogP contribution in [0.4, 0.5) is 0 Å². The molecule has 0 radical (unpaired) electrons. The second-order valence-corrected chi connectivity index (χ2v) is 7.41. The van der Waals surface area contributed by atoms with Crippen LogP contribution in [0.2, 0.25) is 0 Å². The lowest BCUT2D eigenvalue weighted by Gasteiger charge is -2.05. The molecule has 0 aromatic heterocycles. The molecule has 0 aliphatic rings. The molecule has 0 saturated carbocycles. The maximum Gasteiger partial charge on any atom is -0.00489 e. The maximum atomic E-state index is 3.60. The smallest absolute Gasteiger partial charge is 0.00489 e. The first-order chi connectivity index (χ1) is 11.4. The lowest BCUT2D eigenvalue weighted by molar-refractivity contribution is 0.526. The van der Waals surface area contributed by atoms with E-state index in [9.17, 15) is 0 Å². The van der Waals surface area contributed by atoms with Gasteiger partial charge in [0.25, 0.3) is 0 Å². The summed E-state index contributed by atoms with van der Waals surface area (Å²) in [5, 5.41) is 3.60. The number of unbranched alkanes of at least 4 members (excludes halogenated alkanes) is 16. The van der Waals surface area contributed by atoms with Gasteiger partial charge in [0.1, 0.15) is 0 Å². The Morgan fingerprint density at radius 1 is 0.348 bits per heavy atom. The quantitative estimate of drug-likeness (QED) is 0.227. The summed E-state index contributed by atoms with van der Waals surface area (Å²) in [6.45, 7) is 7.06. The van der Waals surface area contributed by atoms with E-state index in [0.29, 0.717) is 0 Å². The normalized spacial score (nSPS) is 11.2. The van der Waals surface area contributed by atoms with Crippen molar-refractivity contribution in [2.75, 3.05) is 13.1 Å². The molecule has 0 unspecified atom stereocenters. The summed E-state index contributed by atoms with van der Waals surface area (Å²) in [7, 11) is 0. The Bertz CT molecular complexity index is 170. The van der Waals surface area contributed by atoms with Crippen LogP contribution in [0.15, 0.2) is 0 Å². The fraction of sp³-hybridized carbons (Fsp3) is 1.00. The van der Waals surface area contributed by atoms with E-state index < -0.39 is 0 Å². The number of rotatable bonds is 20. The van der Waals surface area contributed by atoms with Gasteiger partial charge in [-0.2, -0.15) is 0 Å². The predicted molar refractivity (Wildman–Crippen MR) is 107 cm³/mol. The molecule has 1 nitrogen and oxygen atoms in total. The Balaban J connectivity index is 2.92. The van der Waals surface area contributed by atoms with Gasteiger partial charge in [-0.1, -0.05) is 117 Å². The van der Waals surface area contributed by atoms with E-state index >= 15 is 0 Å². The average Bonchev–Trinajstić information content (AvgIpc) is 2.57. The van der Waals surface area contributed by atoms with Crippen LogP contribution in [0.3, 0.4) is 0 Å². The molecule has 0 atom stereocenters. The van der Waals surface area contributed by atoms with E-state index in [1.165, 1.54) is 129 Å². The topological polar surface area (TPSA) is 12.0 Å². The second kappa shape index (κ2) is 22.0. The van der Waals surface area contributed by atoms with Crippen molar-refractivity contribution >= 4 is 0 Å². The van der Waals surface area contributed by atoms with Crippen LogP contribution >= 0.6 is 0 Å². The van der Waals surface area contributed by atoms with Crippen LogP contribution < -0.4 is 5.32 Å². The highest BCUT2D eigenvalue weighted by atomic mass is 14.8. The standard InChI is InChI=1S/C22H47N/c1-3-5-7-9-10-11-12-13-14-15-16-18-20-22-23-21-19-17-8-6-4-2/h23H,3-22H2,1-2H3. The lowest BCUT2D eigenvalue weighted by atomic mass is 10.0. The Hall–Kier alpha value is -0.0400. The summed E-state index contributed by atoms with van der Waals surface area (Å²) in [5.74, 6) is 0. The molecule has 0 bridgehead atoms. The van der Waals surface area contributed by atoms with Gasteiger partial charge in [0.05, 0.1) is 0 Å². The van der Waals surface area contributed by atoms with E-state index in [4.69, 9.17) is 0 Å². The van der Waals surface area contributed by atoms with Crippen LogP contribution in [0.1, 0.15) is 129 Å².